The Morgan fingerprint density at radius 2 is 2.12 bits per heavy atom. The van der Waals surface area contributed by atoms with Crippen molar-refractivity contribution in [2.24, 2.45) is 0 Å². The van der Waals surface area contributed by atoms with Crippen LogP contribution < -0.4 is 0 Å². The van der Waals surface area contributed by atoms with E-state index in [-0.39, 0.29) is 6.10 Å². The maximum Gasteiger partial charge on any atom is 0.138 e. The highest BCUT2D eigenvalue weighted by atomic mass is 16.5. The fourth-order valence-corrected chi connectivity index (χ4v) is 1.85. The first-order valence-corrected chi connectivity index (χ1v) is 5.45. The SMILES string of the molecule is CCC(OC)C(O)c1cc2ccccc2o1. The van der Waals surface area contributed by atoms with E-state index in [0.717, 1.165) is 17.4 Å². The minimum atomic E-state index is -0.706. The largest absolute Gasteiger partial charge is 0.458 e. The number of aliphatic hydroxyl groups excluding tert-OH is 1. The Labute approximate surface area is 94.6 Å². The number of hydrogen-bond donors (Lipinski definition) is 1. The predicted octanol–water partition coefficient (Wildman–Crippen LogP) is 2.89. The van der Waals surface area contributed by atoms with Gasteiger partial charge in [0.2, 0.25) is 0 Å². The van der Waals surface area contributed by atoms with Gasteiger partial charge >= 0.3 is 0 Å². The lowest BCUT2D eigenvalue weighted by Crippen LogP contribution is -2.19. The number of benzene rings is 1. The fraction of sp³-hybridized carbons (Fsp3) is 0.385. The molecule has 16 heavy (non-hydrogen) atoms. The first kappa shape index (κ1) is 11.2. The van der Waals surface area contributed by atoms with Gasteiger partial charge in [-0.15, -0.1) is 0 Å². The maximum atomic E-state index is 10.1. The second kappa shape index (κ2) is 4.68. The summed E-state index contributed by atoms with van der Waals surface area (Å²) in [6.45, 7) is 1.97. The van der Waals surface area contributed by atoms with Crippen molar-refractivity contribution < 1.29 is 14.3 Å². The van der Waals surface area contributed by atoms with Gasteiger partial charge in [-0.25, -0.2) is 0 Å². The molecule has 3 nitrogen and oxygen atoms in total. The molecule has 2 atom stereocenters. The third-order valence-corrected chi connectivity index (χ3v) is 2.79. The Hall–Kier alpha value is -1.32. The van der Waals surface area contributed by atoms with Crippen molar-refractivity contribution in [3.63, 3.8) is 0 Å². The maximum absolute atomic E-state index is 10.1. The van der Waals surface area contributed by atoms with Crippen LogP contribution in [-0.4, -0.2) is 18.3 Å². The second-order valence-electron chi connectivity index (χ2n) is 3.81. The van der Waals surface area contributed by atoms with Crippen molar-refractivity contribution in [3.8, 4) is 0 Å². The van der Waals surface area contributed by atoms with Crippen LogP contribution in [0.15, 0.2) is 34.7 Å². The van der Waals surface area contributed by atoms with Crippen LogP contribution in [0.1, 0.15) is 25.2 Å². The van der Waals surface area contributed by atoms with E-state index in [2.05, 4.69) is 0 Å². The van der Waals surface area contributed by atoms with E-state index in [1.807, 2.05) is 37.3 Å². The Kier molecular flexibility index (Phi) is 3.27. The molecule has 0 saturated heterocycles. The molecule has 1 aromatic heterocycles. The van der Waals surface area contributed by atoms with Crippen molar-refractivity contribution in [1.82, 2.24) is 0 Å². The zero-order valence-corrected chi connectivity index (χ0v) is 9.51. The average Bonchev–Trinajstić information content (AvgIpc) is 2.74. The van der Waals surface area contributed by atoms with Gasteiger partial charge in [-0.05, 0) is 18.6 Å². The summed E-state index contributed by atoms with van der Waals surface area (Å²) in [5.74, 6) is 0.565. The molecule has 2 unspecified atom stereocenters. The summed E-state index contributed by atoms with van der Waals surface area (Å²) < 4.78 is 10.8. The third-order valence-electron chi connectivity index (χ3n) is 2.79. The van der Waals surface area contributed by atoms with Gasteiger partial charge in [0.05, 0.1) is 6.10 Å². The van der Waals surface area contributed by atoms with Gasteiger partial charge in [0.15, 0.2) is 0 Å². The van der Waals surface area contributed by atoms with Gasteiger partial charge < -0.3 is 14.3 Å². The number of aliphatic hydroxyl groups is 1. The van der Waals surface area contributed by atoms with E-state index in [1.165, 1.54) is 0 Å². The number of hydrogen-bond acceptors (Lipinski definition) is 3. The molecular weight excluding hydrogens is 204 g/mol. The molecular formula is C13H16O3. The summed E-state index contributed by atoms with van der Waals surface area (Å²) in [5.41, 5.74) is 0.794. The summed E-state index contributed by atoms with van der Waals surface area (Å²) in [6, 6.07) is 9.57. The van der Waals surface area contributed by atoms with Gasteiger partial charge in [0.1, 0.15) is 17.4 Å². The van der Waals surface area contributed by atoms with E-state index < -0.39 is 6.10 Å². The molecule has 0 amide bonds. The van der Waals surface area contributed by atoms with Gasteiger partial charge in [-0.3, -0.25) is 0 Å². The lowest BCUT2D eigenvalue weighted by Gasteiger charge is -2.17. The number of furan rings is 1. The standard InChI is InChI=1S/C13H16O3/c1-3-10(15-2)13(14)12-8-9-6-4-5-7-11(9)16-12/h4-8,10,13-14H,3H2,1-2H3. The molecule has 0 spiro atoms. The lowest BCUT2D eigenvalue weighted by atomic mass is 10.1. The van der Waals surface area contributed by atoms with Crippen LogP contribution in [0.3, 0.4) is 0 Å². The van der Waals surface area contributed by atoms with Crippen LogP contribution in [0, 0.1) is 0 Å². The highest BCUT2D eigenvalue weighted by molar-refractivity contribution is 5.77. The molecule has 0 aliphatic rings. The average molecular weight is 220 g/mol. The quantitative estimate of drug-likeness (QED) is 0.861. The van der Waals surface area contributed by atoms with Gasteiger partial charge in [-0.1, -0.05) is 25.1 Å². The summed E-state index contributed by atoms with van der Waals surface area (Å²) in [7, 11) is 1.60. The lowest BCUT2D eigenvalue weighted by molar-refractivity contribution is -0.0242. The molecule has 1 N–H and O–H groups in total. The van der Waals surface area contributed by atoms with Crippen LogP contribution >= 0.6 is 0 Å². The van der Waals surface area contributed by atoms with Crippen molar-refractivity contribution >= 4 is 11.0 Å². The van der Waals surface area contributed by atoms with Crippen molar-refractivity contribution in [1.29, 1.82) is 0 Å². The molecule has 3 heteroatoms. The summed E-state index contributed by atoms with van der Waals surface area (Å²) in [4.78, 5) is 0. The summed E-state index contributed by atoms with van der Waals surface area (Å²) in [6.07, 6.45) is -0.183. The van der Waals surface area contributed by atoms with E-state index in [1.54, 1.807) is 7.11 Å². The first-order valence-electron chi connectivity index (χ1n) is 5.45. The number of rotatable bonds is 4. The first-order chi connectivity index (χ1) is 7.76. The van der Waals surface area contributed by atoms with Crippen LogP contribution in [0.2, 0.25) is 0 Å². The number of ether oxygens (including phenoxy) is 1. The van der Waals surface area contributed by atoms with Crippen molar-refractivity contribution in [3.05, 3.63) is 36.1 Å². The fourth-order valence-electron chi connectivity index (χ4n) is 1.85. The van der Waals surface area contributed by atoms with Gasteiger partial charge in [-0.2, -0.15) is 0 Å². The summed E-state index contributed by atoms with van der Waals surface area (Å²) >= 11 is 0. The zero-order valence-electron chi connectivity index (χ0n) is 9.51. The number of para-hydroxylation sites is 1. The zero-order chi connectivity index (χ0) is 11.5. The summed E-state index contributed by atoms with van der Waals surface area (Å²) in [5, 5.41) is 11.1. The molecule has 0 bridgehead atoms. The minimum Gasteiger partial charge on any atom is -0.458 e. The molecule has 2 aromatic rings. The van der Waals surface area contributed by atoms with E-state index in [4.69, 9.17) is 9.15 Å². The molecule has 0 aliphatic carbocycles. The topological polar surface area (TPSA) is 42.6 Å². The Bertz CT molecular complexity index is 424. The molecule has 0 radical (unpaired) electrons. The van der Waals surface area contributed by atoms with E-state index >= 15 is 0 Å². The molecule has 0 aliphatic heterocycles. The number of fused-ring (bicyclic) bond motifs is 1. The minimum absolute atomic E-state index is 0.222. The Morgan fingerprint density at radius 3 is 2.75 bits per heavy atom. The Morgan fingerprint density at radius 1 is 1.38 bits per heavy atom. The van der Waals surface area contributed by atoms with Crippen molar-refractivity contribution in [2.75, 3.05) is 7.11 Å². The molecule has 1 heterocycles. The molecule has 86 valence electrons. The highest BCUT2D eigenvalue weighted by Gasteiger charge is 2.22. The monoisotopic (exact) mass is 220 g/mol. The van der Waals surface area contributed by atoms with Crippen LogP contribution in [0.25, 0.3) is 11.0 Å². The molecule has 1 aromatic carbocycles. The van der Waals surface area contributed by atoms with Crippen molar-refractivity contribution in [2.45, 2.75) is 25.6 Å². The molecule has 0 saturated carbocycles. The van der Waals surface area contributed by atoms with Gasteiger partial charge in [0.25, 0.3) is 0 Å². The van der Waals surface area contributed by atoms with Crippen LogP contribution in [-0.2, 0) is 4.74 Å². The highest BCUT2D eigenvalue weighted by Crippen LogP contribution is 2.27. The third kappa shape index (κ3) is 1.96. The van der Waals surface area contributed by atoms with Crippen LogP contribution in [0.5, 0.6) is 0 Å². The van der Waals surface area contributed by atoms with Crippen LogP contribution in [0.4, 0.5) is 0 Å². The molecule has 0 fully saturated rings. The Balaban J connectivity index is 2.32. The molecule has 2 rings (SSSR count). The normalized spacial score (nSPS) is 15.2. The number of methoxy groups -OCH3 is 1. The smallest absolute Gasteiger partial charge is 0.138 e. The van der Waals surface area contributed by atoms with E-state index in [9.17, 15) is 5.11 Å². The predicted molar refractivity (Wildman–Crippen MR) is 62.3 cm³/mol. The van der Waals surface area contributed by atoms with E-state index in [0.29, 0.717) is 5.76 Å². The van der Waals surface area contributed by atoms with Gasteiger partial charge in [0, 0.05) is 12.5 Å². The second-order valence-corrected chi connectivity index (χ2v) is 3.81.